The zero-order chi connectivity index (χ0) is 15.5. The highest BCUT2D eigenvalue weighted by Gasteiger charge is 2.46. The molecule has 4 nitrogen and oxygen atoms in total. The molecule has 2 unspecified atom stereocenters. The Morgan fingerprint density at radius 1 is 1.29 bits per heavy atom. The number of hydrogen-bond acceptors (Lipinski definition) is 2. The summed E-state index contributed by atoms with van der Waals surface area (Å²) in [5.41, 5.74) is 0.449. The smallest absolute Gasteiger partial charge is 0.326 e. The summed E-state index contributed by atoms with van der Waals surface area (Å²) in [6, 6.07) is 8.87. The molecule has 1 aromatic carbocycles. The van der Waals surface area contributed by atoms with E-state index < -0.39 is 17.4 Å². The van der Waals surface area contributed by atoms with Gasteiger partial charge in [-0.1, -0.05) is 57.0 Å². The van der Waals surface area contributed by atoms with Gasteiger partial charge >= 0.3 is 5.97 Å². The number of carboxylic acids is 1. The first-order valence-electron chi connectivity index (χ1n) is 7.60. The van der Waals surface area contributed by atoms with E-state index in [1.54, 1.807) is 0 Å². The van der Waals surface area contributed by atoms with Crippen LogP contribution in [-0.4, -0.2) is 23.0 Å². The summed E-state index contributed by atoms with van der Waals surface area (Å²) < 4.78 is 0. The molecule has 1 fully saturated rings. The lowest BCUT2D eigenvalue weighted by Crippen LogP contribution is -2.55. The topological polar surface area (TPSA) is 66.4 Å². The molecular formula is C17H23NO3. The van der Waals surface area contributed by atoms with Crippen LogP contribution in [0.3, 0.4) is 0 Å². The third-order valence-electron chi connectivity index (χ3n) is 4.73. The number of nitrogens with one attached hydrogen (secondary N) is 1. The van der Waals surface area contributed by atoms with Gasteiger partial charge in [0.15, 0.2) is 0 Å². The molecular weight excluding hydrogens is 266 g/mol. The van der Waals surface area contributed by atoms with Gasteiger partial charge in [0.25, 0.3) is 0 Å². The van der Waals surface area contributed by atoms with Gasteiger partial charge in [-0.25, -0.2) is 4.79 Å². The Morgan fingerprint density at radius 3 is 2.33 bits per heavy atom. The monoisotopic (exact) mass is 289 g/mol. The number of hydrogen-bond donors (Lipinski definition) is 2. The third-order valence-corrected chi connectivity index (χ3v) is 4.73. The van der Waals surface area contributed by atoms with Crippen molar-refractivity contribution in [3.05, 3.63) is 35.9 Å². The highest BCUT2D eigenvalue weighted by atomic mass is 16.4. The molecule has 2 atom stereocenters. The van der Waals surface area contributed by atoms with Crippen LogP contribution in [0.15, 0.2) is 30.3 Å². The Labute approximate surface area is 125 Å². The van der Waals surface area contributed by atoms with E-state index in [0.717, 1.165) is 31.2 Å². The maximum absolute atomic E-state index is 12.7. The number of aliphatic carboxylic acids is 1. The molecule has 114 valence electrons. The van der Waals surface area contributed by atoms with Crippen LogP contribution >= 0.6 is 0 Å². The Bertz CT molecular complexity index is 508. The normalized spacial score (nSPS) is 19.1. The first-order chi connectivity index (χ1) is 10.0. The molecule has 1 aromatic rings. The lowest BCUT2D eigenvalue weighted by atomic mass is 9.63. The number of carboxylic acid groups (broad SMARTS) is 1. The lowest BCUT2D eigenvalue weighted by Gasteiger charge is -2.41. The highest BCUT2D eigenvalue weighted by molar-refractivity contribution is 5.92. The number of amides is 1. The Kier molecular flexibility index (Phi) is 4.66. The molecule has 0 spiro atoms. The van der Waals surface area contributed by atoms with Crippen LogP contribution in [0.4, 0.5) is 0 Å². The average molecular weight is 289 g/mol. The molecule has 1 aliphatic carbocycles. The molecule has 0 radical (unpaired) electrons. The minimum atomic E-state index is -0.958. The van der Waals surface area contributed by atoms with E-state index in [0.29, 0.717) is 0 Å². The third kappa shape index (κ3) is 2.94. The van der Waals surface area contributed by atoms with E-state index in [-0.39, 0.29) is 11.8 Å². The molecule has 0 aromatic heterocycles. The Morgan fingerprint density at radius 2 is 1.90 bits per heavy atom. The lowest BCUT2D eigenvalue weighted by molar-refractivity contribution is -0.145. The predicted octanol–water partition coefficient (Wildman–Crippen LogP) is 2.72. The van der Waals surface area contributed by atoms with Crippen molar-refractivity contribution >= 4 is 11.9 Å². The van der Waals surface area contributed by atoms with Crippen molar-refractivity contribution in [2.24, 2.45) is 5.92 Å². The maximum atomic E-state index is 12.7. The molecule has 1 amide bonds. The molecule has 2 rings (SSSR count). The number of carbonyl (C=O) groups excluding carboxylic acids is 1. The second kappa shape index (κ2) is 6.29. The standard InChI is InChI=1S/C17H23NO3/c1-3-12(2)14(15(19)20)18-16(21)17(10-7-11-17)13-8-5-4-6-9-13/h4-6,8-9,12,14H,3,7,10-11H2,1-2H3,(H,18,21)(H,19,20). The molecule has 4 heteroatoms. The molecule has 0 heterocycles. The van der Waals surface area contributed by atoms with Gasteiger partial charge < -0.3 is 10.4 Å². The van der Waals surface area contributed by atoms with Crippen molar-refractivity contribution in [2.45, 2.75) is 51.0 Å². The minimum absolute atomic E-state index is 0.0839. The van der Waals surface area contributed by atoms with E-state index in [1.165, 1.54) is 0 Å². The molecule has 0 saturated heterocycles. The van der Waals surface area contributed by atoms with E-state index in [4.69, 9.17) is 0 Å². The fraction of sp³-hybridized carbons (Fsp3) is 0.529. The minimum Gasteiger partial charge on any atom is -0.480 e. The van der Waals surface area contributed by atoms with Crippen LogP contribution in [-0.2, 0) is 15.0 Å². The summed E-state index contributed by atoms with van der Waals surface area (Å²) in [5.74, 6) is -1.19. The van der Waals surface area contributed by atoms with Gasteiger partial charge in [0.05, 0.1) is 5.41 Å². The molecule has 0 aliphatic heterocycles. The summed E-state index contributed by atoms with van der Waals surface area (Å²) in [7, 11) is 0. The fourth-order valence-electron chi connectivity index (χ4n) is 2.90. The average Bonchev–Trinajstić information content (AvgIpc) is 2.43. The molecule has 1 saturated carbocycles. The summed E-state index contributed by atoms with van der Waals surface area (Å²) in [6.07, 6.45) is 3.30. The van der Waals surface area contributed by atoms with Gasteiger partial charge in [0.1, 0.15) is 6.04 Å². The van der Waals surface area contributed by atoms with E-state index in [9.17, 15) is 14.7 Å². The van der Waals surface area contributed by atoms with Crippen molar-refractivity contribution in [3.8, 4) is 0 Å². The summed E-state index contributed by atoms with van der Waals surface area (Å²) >= 11 is 0. The molecule has 21 heavy (non-hydrogen) atoms. The van der Waals surface area contributed by atoms with Crippen LogP contribution in [0.2, 0.25) is 0 Å². The van der Waals surface area contributed by atoms with Crippen LogP contribution in [0, 0.1) is 5.92 Å². The molecule has 2 N–H and O–H groups in total. The SMILES string of the molecule is CCC(C)C(NC(=O)C1(c2ccccc2)CCC1)C(=O)O. The Hall–Kier alpha value is -1.84. The second-order valence-electron chi connectivity index (χ2n) is 5.98. The van der Waals surface area contributed by atoms with Gasteiger partial charge in [-0.15, -0.1) is 0 Å². The van der Waals surface area contributed by atoms with E-state index >= 15 is 0 Å². The van der Waals surface area contributed by atoms with Gasteiger partial charge in [-0.05, 0) is 24.3 Å². The van der Waals surface area contributed by atoms with Crippen molar-refractivity contribution in [2.75, 3.05) is 0 Å². The summed E-state index contributed by atoms with van der Waals surface area (Å²) in [4.78, 5) is 24.1. The zero-order valence-electron chi connectivity index (χ0n) is 12.6. The second-order valence-corrected chi connectivity index (χ2v) is 5.98. The molecule has 1 aliphatic rings. The van der Waals surface area contributed by atoms with Crippen molar-refractivity contribution in [1.82, 2.24) is 5.32 Å². The van der Waals surface area contributed by atoms with E-state index in [2.05, 4.69) is 5.32 Å². The van der Waals surface area contributed by atoms with Crippen molar-refractivity contribution in [1.29, 1.82) is 0 Å². The van der Waals surface area contributed by atoms with Crippen LogP contribution in [0.5, 0.6) is 0 Å². The van der Waals surface area contributed by atoms with Gasteiger partial charge in [0, 0.05) is 0 Å². The highest BCUT2D eigenvalue weighted by Crippen LogP contribution is 2.44. The zero-order valence-corrected chi connectivity index (χ0v) is 12.6. The largest absolute Gasteiger partial charge is 0.480 e. The number of rotatable bonds is 6. The summed E-state index contributed by atoms with van der Waals surface area (Å²) in [6.45, 7) is 3.79. The van der Waals surface area contributed by atoms with Crippen molar-refractivity contribution < 1.29 is 14.7 Å². The number of carbonyl (C=O) groups is 2. The maximum Gasteiger partial charge on any atom is 0.326 e. The molecule has 0 bridgehead atoms. The van der Waals surface area contributed by atoms with Gasteiger partial charge in [-0.2, -0.15) is 0 Å². The van der Waals surface area contributed by atoms with Gasteiger partial charge in [0.2, 0.25) is 5.91 Å². The fourth-order valence-corrected chi connectivity index (χ4v) is 2.90. The number of benzene rings is 1. The Balaban J connectivity index is 2.19. The predicted molar refractivity (Wildman–Crippen MR) is 81.0 cm³/mol. The first kappa shape index (κ1) is 15.5. The van der Waals surface area contributed by atoms with Crippen LogP contribution < -0.4 is 5.32 Å². The van der Waals surface area contributed by atoms with Crippen LogP contribution in [0.1, 0.15) is 45.1 Å². The summed E-state index contributed by atoms with van der Waals surface area (Å²) in [5, 5.41) is 12.1. The van der Waals surface area contributed by atoms with E-state index in [1.807, 2.05) is 44.2 Å². The van der Waals surface area contributed by atoms with Gasteiger partial charge in [-0.3, -0.25) is 4.79 Å². The first-order valence-corrected chi connectivity index (χ1v) is 7.60. The van der Waals surface area contributed by atoms with Crippen molar-refractivity contribution in [3.63, 3.8) is 0 Å². The van der Waals surface area contributed by atoms with Crippen LogP contribution in [0.25, 0.3) is 0 Å². The quantitative estimate of drug-likeness (QED) is 0.846.